The van der Waals surface area contributed by atoms with Crippen molar-refractivity contribution in [3.05, 3.63) is 0 Å². The molecule has 0 heterocycles. The second-order valence-corrected chi connectivity index (χ2v) is 3.46. The molecule has 5 heteroatoms. The van der Waals surface area contributed by atoms with Crippen molar-refractivity contribution in [2.75, 3.05) is 32.9 Å². The van der Waals surface area contributed by atoms with Crippen molar-refractivity contribution >= 4 is 5.97 Å². The van der Waals surface area contributed by atoms with E-state index in [9.17, 15) is 4.79 Å². The number of ether oxygens (including phenoxy) is 1. The van der Waals surface area contributed by atoms with E-state index in [4.69, 9.17) is 14.9 Å². The Kier molecular flexibility index (Phi) is 8.27. The molecule has 0 radical (unpaired) electrons. The minimum Gasteiger partial charge on any atom is -0.480 e. The quantitative estimate of drug-likeness (QED) is 0.541. The van der Waals surface area contributed by atoms with Crippen LogP contribution in [0.2, 0.25) is 0 Å². The maximum absolute atomic E-state index is 10.6. The Morgan fingerprint density at radius 2 is 2.13 bits per heavy atom. The highest BCUT2D eigenvalue weighted by Gasteiger charge is 2.14. The number of hydrogen-bond acceptors (Lipinski definition) is 4. The third kappa shape index (κ3) is 7.30. The Balaban J connectivity index is 3.85. The lowest BCUT2D eigenvalue weighted by Gasteiger charge is -2.26. The van der Waals surface area contributed by atoms with Crippen molar-refractivity contribution in [1.82, 2.24) is 4.90 Å². The fourth-order valence-corrected chi connectivity index (χ4v) is 1.24. The number of rotatable bonds is 9. The van der Waals surface area contributed by atoms with Crippen LogP contribution >= 0.6 is 0 Å². The van der Waals surface area contributed by atoms with E-state index in [-0.39, 0.29) is 19.2 Å². The topological polar surface area (TPSA) is 70.0 Å². The first-order valence-corrected chi connectivity index (χ1v) is 5.26. The molecule has 15 heavy (non-hydrogen) atoms. The Morgan fingerprint density at radius 1 is 1.47 bits per heavy atom. The van der Waals surface area contributed by atoms with Gasteiger partial charge in [-0.1, -0.05) is 6.92 Å². The highest BCUT2D eigenvalue weighted by molar-refractivity contribution is 5.69. The van der Waals surface area contributed by atoms with Crippen LogP contribution in [0.25, 0.3) is 0 Å². The predicted molar refractivity (Wildman–Crippen MR) is 56.9 cm³/mol. The monoisotopic (exact) mass is 219 g/mol. The maximum Gasteiger partial charge on any atom is 0.317 e. The molecule has 2 N–H and O–H groups in total. The molecular formula is C10H21NO4. The molecule has 0 aromatic rings. The highest BCUT2D eigenvalue weighted by atomic mass is 16.5. The highest BCUT2D eigenvalue weighted by Crippen LogP contribution is 2.02. The standard InChI is InChI=1S/C10H21NO4/c1-3-9(2)11(8-10(13)14)4-6-15-7-5-12/h9,12H,3-8H2,1-2H3,(H,13,14). The van der Waals surface area contributed by atoms with Gasteiger partial charge < -0.3 is 14.9 Å². The van der Waals surface area contributed by atoms with Gasteiger partial charge in [-0.05, 0) is 13.3 Å². The third-order valence-corrected chi connectivity index (χ3v) is 2.31. The van der Waals surface area contributed by atoms with Gasteiger partial charge in [0.1, 0.15) is 0 Å². The van der Waals surface area contributed by atoms with Gasteiger partial charge in [0.05, 0.1) is 26.4 Å². The molecule has 0 saturated carbocycles. The summed E-state index contributed by atoms with van der Waals surface area (Å²) in [5, 5.41) is 17.2. The average Bonchev–Trinajstić information content (AvgIpc) is 2.21. The molecule has 1 unspecified atom stereocenters. The first-order valence-electron chi connectivity index (χ1n) is 5.26. The van der Waals surface area contributed by atoms with Crippen LogP contribution in [0.1, 0.15) is 20.3 Å². The molecule has 0 aliphatic rings. The smallest absolute Gasteiger partial charge is 0.317 e. The summed E-state index contributed by atoms with van der Waals surface area (Å²) >= 11 is 0. The number of carboxylic acids is 1. The number of hydrogen-bond donors (Lipinski definition) is 2. The van der Waals surface area contributed by atoms with Crippen LogP contribution in [-0.2, 0) is 9.53 Å². The van der Waals surface area contributed by atoms with Crippen LogP contribution in [-0.4, -0.2) is 60.0 Å². The van der Waals surface area contributed by atoms with E-state index in [1.54, 1.807) is 0 Å². The van der Waals surface area contributed by atoms with Gasteiger partial charge in [-0.3, -0.25) is 9.69 Å². The zero-order chi connectivity index (χ0) is 11.7. The van der Waals surface area contributed by atoms with Crippen LogP contribution < -0.4 is 0 Å². The van der Waals surface area contributed by atoms with Crippen molar-refractivity contribution in [3.63, 3.8) is 0 Å². The number of aliphatic hydroxyl groups excluding tert-OH is 1. The van der Waals surface area contributed by atoms with Crippen molar-refractivity contribution in [2.45, 2.75) is 26.3 Å². The molecular weight excluding hydrogens is 198 g/mol. The fraction of sp³-hybridized carbons (Fsp3) is 0.900. The van der Waals surface area contributed by atoms with E-state index < -0.39 is 5.97 Å². The summed E-state index contributed by atoms with van der Waals surface area (Å²) in [6, 6.07) is 0.235. The van der Waals surface area contributed by atoms with Crippen molar-refractivity contribution in [1.29, 1.82) is 0 Å². The fourth-order valence-electron chi connectivity index (χ4n) is 1.24. The first-order chi connectivity index (χ1) is 7.11. The largest absolute Gasteiger partial charge is 0.480 e. The molecule has 0 aromatic heterocycles. The molecule has 90 valence electrons. The molecule has 0 aromatic carbocycles. The summed E-state index contributed by atoms with van der Waals surface area (Å²) < 4.78 is 5.10. The van der Waals surface area contributed by atoms with Gasteiger partial charge >= 0.3 is 5.97 Å². The minimum absolute atomic E-state index is 0.00224. The summed E-state index contributed by atoms with van der Waals surface area (Å²) in [7, 11) is 0. The summed E-state index contributed by atoms with van der Waals surface area (Å²) in [4.78, 5) is 12.5. The van der Waals surface area contributed by atoms with E-state index in [1.165, 1.54) is 0 Å². The van der Waals surface area contributed by atoms with E-state index in [2.05, 4.69) is 0 Å². The molecule has 0 saturated heterocycles. The molecule has 0 aliphatic heterocycles. The first kappa shape index (κ1) is 14.3. The number of carboxylic acid groups (broad SMARTS) is 1. The van der Waals surface area contributed by atoms with Gasteiger partial charge in [0.25, 0.3) is 0 Å². The van der Waals surface area contributed by atoms with Crippen LogP contribution in [0.5, 0.6) is 0 Å². The van der Waals surface area contributed by atoms with Crippen molar-refractivity contribution < 1.29 is 19.7 Å². The number of aliphatic carboxylic acids is 1. The number of nitrogens with zero attached hydrogens (tertiary/aromatic N) is 1. The molecule has 0 rings (SSSR count). The molecule has 0 spiro atoms. The van der Waals surface area contributed by atoms with Gasteiger partial charge in [-0.25, -0.2) is 0 Å². The number of aliphatic hydroxyl groups is 1. The van der Waals surface area contributed by atoms with Gasteiger partial charge in [-0.2, -0.15) is 0 Å². The Bertz CT molecular complexity index is 175. The van der Waals surface area contributed by atoms with Crippen LogP contribution in [0.4, 0.5) is 0 Å². The predicted octanol–water partition coefficient (Wildman–Crippen LogP) is 0.180. The van der Waals surface area contributed by atoms with E-state index in [0.717, 1.165) is 6.42 Å². The average molecular weight is 219 g/mol. The summed E-state index contributed by atoms with van der Waals surface area (Å²) in [5.41, 5.74) is 0. The lowest BCUT2D eigenvalue weighted by atomic mass is 10.2. The Morgan fingerprint density at radius 3 is 2.60 bits per heavy atom. The lowest BCUT2D eigenvalue weighted by Crippen LogP contribution is -2.39. The molecule has 0 fully saturated rings. The second-order valence-electron chi connectivity index (χ2n) is 3.46. The van der Waals surface area contributed by atoms with Gasteiger partial charge in [0.15, 0.2) is 0 Å². The second kappa shape index (κ2) is 8.64. The zero-order valence-electron chi connectivity index (χ0n) is 9.48. The molecule has 0 bridgehead atoms. The summed E-state index contributed by atoms with van der Waals surface area (Å²) in [6.45, 7) is 5.41. The Hall–Kier alpha value is -0.650. The SMILES string of the molecule is CCC(C)N(CCOCCO)CC(=O)O. The Labute approximate surface area is 90.6 Å². The van der Waals surface area contributed by atoms with Crippen LogP contribution in [0.15, 0.2) is 0 Å². The van der Waals surface area contributed by atoms with Crippen molar-refractivity contribution in [3.8, 4) is 0 Å². The van der Waals surface area contributed by atoms with Gasteiger partial charge in [0.2, 0.25) is 0 Å². The lowest BCUT2D eigenvalue weighted by molar-refractivity contribution is -0.139. The maximum atomic E-state index is 10.6. The molecule has 0 amide bonds. The summed E-state index contributed by atoms with van der Waals surface area (Å²) in [6.07, 6.45) is 0.910. The molecule has 1 atom stereocenters. The normalized spacial score (nSPS) is 13.1. The molecule has 5 nitrogen and oxygen atoms in total. The van der Waals surface area contributed by atoms with E-state index in [1.807, 2.05) is 18.7 Å². The van der Waals surface area contributed by atoms with E-state index >= 15 is 0 Å². The van der Waals surface area contributed by atoms with Gasteiger partial charge in [-0.15, -0.1) is 0 Å². The zero-order valence-corrected chi connectivity index (χ0v) is 9.48. The van der Waals surface area contributed by atoms with E-state index in [0.29, 0.717) is 19.8 Å². The van der Waals surface area contributed by atoms with Crippen molar-refractivity contribution in [2.24, 2.45) is 0 Å². The molecule has 0 aliphatic carbocycles. The van der Waals surface area contributed by atoms with Crippen LogP contribution in [0.3, 0.4) is 0 Å². The van der Waals surface area contributed by atoms with Crippen LogP contribution in [0, 0.1) is 0 Å². The third-order valence-electron chi connectivity index (χ3n) is 2.31. The number of carbonyl (C=O) groups is 1. The van der Waals surface area contributed by atoms with Gasteiger partial charge in [0, 0.05) is 12.6 Å². The summed E-state index contributed by atoms with van der Waals surface area (Å²) in [5.74, 6) is -0.822. The minimum atomic E-state index is -0.822.